The largest absolute Gasteiger partial charge is 0.502 e. The fraction of sp³-hybridized carbons (Fsp3) is 0.500. The number of carbonyl (C=O) groups excluding carboxylic acids is 1. The van der Waals surface area contributed by atoms with Gasteiger partial charge in [0.1, 0.15) is 0 Å². The Morgan fingerprint density at radius 3 is 2.22 bits per heavy atom. The van der Waals surface area contributed by atoms with Crippen LogP contribution in [0.15, 0.2) is 31.6 Å². The monoisotopic (exact) mass is 257 g/mol. The second-order valence-corrected chi connectivity index (χ2v) is 2.87. The predicted molar refractivity (Wildman–Crippen MR) is 73.8 cm³/mol. The second kappa shape index (κ2) is 24.6. The van der Waals surface area contributed by atoms with Crippen LogP contribution in [0.1, 0.15) is 26.2 Å². The third kappa shape index (κ3) is 36.6. The van der Waals surface area contributed by atoms with Crippen LogP contribution < -0.4 is 0 Å². The number of aliphatic hydroxyl groups is 1. The molecule has 0 aliphatic carbocycles. The molecule has 0 spiro atoms. The SMILES string of the molecule is C=CC(=O)OC.C=COCCCC.[CH]=CCCO. The molecule has 0 aromatic heterocycles. The van der Waals surface area contributed by atoms with Crippen molar-refractivity contribution in [2.45, 2.75) is 26.2 Å². The van der Waals surface area contributed by atoms with Crippen LogP contribution in [-0.2, 0) is 14.3 Å². The lowest BCUT2D eigenvalue weighted by atomic mass is 10.4. The van der Waals surface area contributed by atoms with Gasteiger partial charge in [0.05, 0.1) is 20.0 Å². The Kier molecular flexibility index (Phi) is 29.7. The highest BCUT2D eigenvalue weighted by molar-refractivity contribution is 5.80. The van der Waals surface area contributed by atoms with E-state index in [1.54, 1.807) is 0 Å². The smallest absolute Gasteiger partial charge is 0.329 e. The zero-order chi connectivity index (χ0) is 14.6. The van der Waals surface area contributed by atoms with E-state index in [0.717, 1.165) is 19.1 Å². The van der Waals surface area contributed by atoms with E-state index in [9.17, 15) is 4.79 Å². The van der Waals surface area contributed by atoms with Crippen molar-refractivity contribution in [3.8, 4) is 0 Å². The van der Waals surface area contributed by atoms with Gasteiger partial charge in [-0.2, -0.15) is 0 Å². The normalized spacial score (nSPS) is 7.50. The van der Waals surface area contributed by atoms with Gasteiger partial charge in [0.25, 0.3) is 0 Å². The molecule has 105 valence electrons. The first-order valence-electron chi connectivity index (χ1n) is 5.71. The number of aliphatic hydroxyl groups excluding tert-OH is 1. The van der Waals surface area contributed by atoms with Gasteiger partial charge < -0.3 is 14.6 Å². The lowest BCUT2D eigenvalue weighted by Crippen LogP contribution is -1.91. The van der Waals surface area contributed by atoms with Crippen LogP contribution in [-0.4, -0.2) is 31.4 Å². The molecule has 0 aromatic carbocycles. The van der Waals surface area contributed by atoms with Gasteiger partial charge in [0, 0.05) is 12.7 Å². The number of hydrogen-bond acceptors (Lipinski definition) is 4. The van der Waals surface area contributed by atoms with Crippen LogP contribution in [0.25, 0.3) is 0 Å². The number of methoxy groups -OCH3 is 1. The van der Waals surface area contributed by atoms with E-state index < -0.39 is 5.97 Å². The van der Waals surface area contributed by atoms with Gasteiger partial charge in [0.2, 0.25) is 0 Å². The molecular formula is C14H25O4. The summed E-state index contributed by atoms with van der Waals surface area (Å²) in [6.45, 7) is 14.5. The molecule has 0 aromatic rings. The molecule has 4 nitrogen and oxygen atoms in total. The molecular weight excluding hydrogens is 232 g/mol. The molecule has 0 aliphatic heterocycles. The average Bonchev–Trinajstić information content (AvgIpc) is 2.41. The average molecular weight is 257 g/mol. The van der Waals surface area contributed by atoms with Gasteiger partial charge in [0.15, 0.2) is 0 Å². The molecule has 1 N–H and O–H groups in total. The van der Waals surface area contributed by atoms with Crippen LogP contribution >= 0.6 is 0 Å². The number of esters is 1. The minimum Gasteiger partial charge on any atom is -0.502 e. The topological polar surface area (TPSA) is 55.8 Å². The van der Waals surface area contributed by atoms with Crippen LogP contribution in [0.2, 0.25) is 0 Å². The maximum absolute atomic E-state index is 9.84. The summed E-state index contributed by atoms with van der Waals surface area (Å²) in [5.41, 5.74) is 0. The van der Waals surface area contributed by atoms with Crippen LogP contribution in [0.5, 0.6) is 0 Å². The summed E-state index contributed by atoms with van der Waals surface area (Å²) in [6.07, 6.45) is 6.94. The number of rotatable bonds is 7. The lowest BCUT2D eigenvalue weighted by molar-refractivity contribution is -0.134. The van der Waals surface area contributed by atoms with Gasteiger partial charge in [-0.25, -0.2) is 4.79 Å². The zero-order valence-electron chi connectivity index (χ0n) is 11.4. The van der Waals surface area contributed by atoms with Crippen molar-refractivity contribution in [2.24, 2.45) is 0 Å². The Balaban J connectivity index is -0.000000190. The summed E-state index contributed by atoms with van der Waals surface area (Å²) in [5.74, 6) is -0.394. The molecule has 1 radical (unpaired) electrons. The van der Waals surface area contributed by atoms with E-state index in [0.29, 0.717) is 6.42 Å². The molecule has 0 atom stereocenters. The van der Waals surface area contributed by atoms with Crippen molar-refractivity contribution in [3.05, 3.63) is 38.2 Å². The molecule has 18 heavy (non-hydrogen) atoms. The van der Waals surface area contributed by atoms with E-state index in [-0.39, 0.29) is 6.61 Å². The molecule has 0 unspecified atom stereocenters. The highest BCUT2D eigenvalue weighted by Crippen LogP contribution is 1.86. The van der Waals surface area contributed by atoms with E-state index in [2.05, 4.69) is 24.8 Å². The van der Waals surface area contributed by atoms with Crippen LogP contribution in [0.4, 0.5) is 0 Å². The standard InChI is InChI=1S/C6H12O.C4H6O2.C4H7O/c1-3-5-6-7-4-2;1-3-4(5)6-2;1-2-3-4-5/h4H,2-3,5-6H2,1H3;3H,1H2,2H3;1-2,5H,3-4H2. The molecule has 0 saturated heterocycles. The summed E-state index contributed by atoms with van der Waals surface area (Å²) >= 11 is 0. The minimum atomic E-state index is -0.394. The first-order valence-corrected chi connectivity index (χ1v) is 5.71. The van der Waals surface area contributed by atoms with E-state index in [1.165, 1.54) is 25.9 Å². The van der Waals surface area contributed by atoms with Crippen molar-refractivity contribution < 1.29 is 19.4 Å². The maximum atomic E-state index is 9.84. The van der Waals surface area contributed by atoms with Gasteiger partial charge in [-0.3, -0.25) is 0 Å². The summed E-state index contributed by atoms with van der Waals surface area (Å²) in [5, 5.41) is 7.96. The Hall–Kier alpha value is -1.55. The fourth-order valence-electron chi connectivity index (χ4n) is 0.469. The van der Waals surface area contributed by atoms with E-state index in [1.807, 2.05) is 0 Å². The van der Waals surface area contributed by atoms with Crippen molar-refractivity contribution in [1.29, 1.82) is 0 Å². The van der Waals surface area contributed by atoms with Crippen molar-refractivity contribution in [3.63, 3.8) is 0 Å². The third-order valence-electron chi connectivity index (χ3n) is 1.40. The van der Waals surface area contributed by atoms with Gasteiger partial charge in [-0.05, 0) is 12.8 Å². The van der Waals surface area contributed by atoms with Gasteiger partial charge >= 0.3 is 5.97 Å². The fourth-order valence-corrected chi connectivity index (χ4v) is 0.469. The minimum absolute atomic E-state index is 0.163. The molecule has 0 aliphatic rings. The van der Waals surface area contributed by atoms with Crippen molar-refractivity contribution in [2.75, 3.05) is 20.3 Å². The summed E-state index contributed by atoms with van der Waals surface area (Å²) in [4.78, 5) is 9.84. The Labute approximate surface area is 111 Å². The van der Waals surface area contributed by atoms with Gasteiger partial charge in [-0.1, -0.05) is 39.2 Å². The van der Waals surface area contributed by atoms with Crippen molar-refractivity contribution >= 4 is 5.97 Å². The molecule has 0 fully saturated rings. The zero-order valence-corrected chi connectivity index (χ0v) is 11.4. The molecule has 0 rings (SSSR count). The Morgan fingerprint density at radius 1 is 1.44 bits per heavy atom. The number of hydrogen-bond donors (Lipinski definition) is 1. The van der Waals surface area contributed by atoms with Crippen LogP contribution in [0, 0.1) is 6.58 Å². The maximum Gasteiger partial charge on any atom is 0.329 e. The first-order chi connectivity index (χ1) is 8.64. The predicted octanol–water partition coefficient (Wildman–Crippen LogP) is 2.65. The lowest BCUT2D eigenvalue weighted by Gasteiger charge is -1.93. The molecule has 0 amide bonds. The quantitative estimate of drug-likeness (QED) is 0.330. The summed E-state index contributed by atoms with van der Waals surface area (Å²) in [6, 6.07) is 0. The Morgan fingerprint density at radius 2 is 2.06 bits per heavy atom. The molecule has 0 saturated carbocycles. The molecule has 0 heterocycles. The highest BCUT2D eigenvalue weighted by Gasteiger charge is 1.81. The first kappa shape index (κ1) is 21.7. The van der Waals surface area contributed by atoms with E-state index in [4.69, 9.17) is 16.4 Å². The number of unbranched alkanes of at least 4 members (excludes halogenated alkanes) is 1. The molecule has 0 bridgehead atoms. The van der Waals surface area contributed by atoms with Crippen LogP contribution in [0.3, 0.4) is 0 Å². The summed E-state index contributed by atoms with van der Waals surface area (Å²) < 4.78 is 8.98. The van der Waals surface area contributed by atoms with Crippen molar-refractivity contribution in [1.82, 2.24) is 0 Å². The molecule has 4 heteroatoms. The number of ether oxygens (including phenoxy) is 2. The number of carbonyl (C=O) groups is 1. The second-order valence-electron chi connectivity index (χ2n) is 2.87. The summed E-state index contributed by atoms with van der Waals surface area (Å²) in [7, 11) is 1.31. The Bertz CT molecular complexity index is 200. The third-order valence-corrected chi connectivity index (χ3v) is 1.40. The highest BCUT2D eigenvalue weighted by atomic mass is 16.5. The van der Waals surface area contributed by atoms with E-state index >= 15 is 0 Å². The van der Waals surface area contributed by atoms with Gasteiger partial charge in [-0.15, -0.1) is 0 Å².